The van der Waals surface area contributed by atoms with Gasteiger partial charge in [-0.25, -0.2) is 4.79 Å². The summed E-state index contributed by atoms with van der Waals surface area (Å²) in [5.74, 6) is -0.864. The van der Waals surface area contributed by atoms with E-state index in [1.807, 2.05) is 24.3 Å². The number of benzene rings is 1. The summed E-state index contributed by atoms with van der Waals surface area (Å²) in [5, 5.41) is 12.4. The summed E-state index contributed by atoms with van der Waals surface area (Å²) in [4.78, 5) is 27.5. The van der Waals surface area contributed by atoms with Crippen LogP contribution in [0, 0.1) is 0 Å². The molecule has 6 heteroatoms. The van der Waals surface area contributed by atoms with Crippen LogP contribution in [0.3, 0.4) is 0 Å². The first-order chi connectivity index (χ1) is 9.16. The van der Waals surface area contributed by atoms with Crippen molar-refractivity contribution in [3.8, 4) is 0 Å². The normalized spacial score (nSPS) is 13.8. The number of amides is 2. The van der Waals surface area contributed by atoms with E-state index >= 15 is 0 Å². The Hall–Kier alpha value is -2.08. The van der Waals surface area contributed by atoms with Crippen molar-refractivity contribution in [3.05, 3.63) is 35.4 Å². The number of carbonyl (C=O) groups excluding carboxylic acids is 1. The van der Waals surface area contributed by atoms with Crippen molar-refractivity contribution < 1.29 is 19.5 Å². The van der Waals surface area contributed by atoms with Gasteiger partial charge in [0.25, 0.3) is 0 Å². The van der Waals surface area contributed by atoms with Gasteiger partial charge in [0.05, 0.1) is 6.54 Å². The van der Waals surface area contributed by atoms with E-state index < -0.39 is 5.97 Å². The van der Waals surface area contributed by atoms with Crippen molar-refractivity contribution in [3.63, 3.8) is 0 Å². The van der Waals surface area contributed by atoms with E-state index in [9.17, 15) is 9.59 Å². The second kappa shape index (κ2) is 6.19. The molecule has 1 aliphatic heterocycles. The Morgan fingerprint density at radius 2 is 2.05 bits per heavy atom. The number of fused-ring (bicyclic) bond motifs is 1. The molecule has 0 bridgehead atoms. The molecule has 0 aliphatic carbocycles. The Kier molecular flexibility index (Phi) is 4.35. The van der Waals surface area contributed by atoms with Crippen molar-refractivity contribution in [1.29, 1.82) is 0 Å². The van der Waals surface area contributed by atoms with Crippen LogP contribution in [0.5, 0.6) is 0 Å². The Morgan fingerprint density at radius 3 is 2.79 bits per heavy atom. The van der Waals surface area contributed by atoms with E-state index in [2.05, 4.69) is 5.32 Å². The number of carboxylic acids is 1. The summed E-state index contributed by atoms with van der Waals surface area (Å²) in [6.45, 7) is 1.10. The molecule has 2 amide bonds. The molecule has 0 radical (unpaired) electrons. The van der Waals surface area contributed by atoms with Gasteiger partial charge in [0.1, 0.15) is 6.61 Å². The van der Waals surface area contributed by atoms with Crippen LogP contribution >= 0.6 is 0 Å². The monoisotopic (exact) mass is 264 g/mol. The van der Waals surface area contributed by atoms with E-state index in [0.717, 1.165) is 11.1 Å². The first kappa shape index (κ1) is 13.4. The molecule has 1 aromatic carbocycles. The first-order valence-electron chi connectivity index (χ1n) is 6.13. The van der Waals surface area contributed by atoms with Gasteiger partial charge < -0.3 is 10.4 Å². The molecule has 0 unspecified atom stereocenters. The number of nitrogens with one attached hydrogen (secondary N) is 1. The van der Waals surface area contributed by atoms with E-state index in [4.69, 9.17) is 9.94 Å². The summed E-state index contributed by atoms with van der Waals surface area (Å²) < 4.78 is 0. The summed E-state index contributed by atoms with van der Waals surface area (Å²) in [6, 6.07) is 7.46. The molecular formula is C13H16N2O4. The predicted octanol–water partition coefficient (Wildman–Crippen LogP) is 1.51. The molecule has 6 nitrogen and oxygen atoms in total. The molecule has 0 aromatic heterocycles. The zero-order valence-corrected chi connectivity index (χ0v) is 10.5. The lowest BCUT2D eigenvalue weighted by molar-refractivity contribution is -0.145. The fourth-order valence-corrected chi connectivity index (χ4v) is 1.85. The highest BCUT2D eigenvalue weighted by atomic mass is 16.7. The van der Waals surface area contributed by atoms with Crippen molar-refractivity contribution in [2.45, 2.75) is 26.0 Å². The van der Waals surface area contributed by atoms with Crippen LogP contribution in [-0.4, -0.2) is 28.7 Å². The summed E-state index contributed by atoms with van der Waals surface area (Å²) in [5.41, 5.74) is 2.15. The van der Waals surface area contributed by atoms with E-state index in [-0.39, 0.29) is 12.5 Å². The highest BCUT2D eigenvalue weighted by molar-refractivity contribution is 5.73. The Balaban J connectivity index is 1.80. The van der Waals surface area contributed by atoms with Crippen molar-refractivity contribution in [2.75, 3.05) is 6.54 Å². The molecule has 0 atom stereocenters. The molecule has 2 N–H and O–H groups in total. The van der Waals surface area contributed by atoms with Gasteiger partial charge in [-0.3, -0.25) is 9.63 Å². The van der Waals surface area contributed by atoms with Crippen LogP contribution in [0.15, 0.2) is 24.3 Å². The predicted molar refractivity (Wildman–Crippen MR) is 67.0 cm³/mol. The number of rotatable bonds is 4. The molecule has 102 valence electrons. The Morgan fingerprint density at radius 1 is 1.32 bits per heavy atom. The molecule has 19 heavy (non-hydrogen) atoms. The minimum atomic E-state index is -0.864. The van der Waals surface area contributed by atoms with Gasteiger partial charge in [-0.1, -0.05) is 24.3 Å². The molecule has 2 rings (SSSR count). The second-order valence-electron chi connectivity index (χ2n) is 4.31. The highest BCUT2D eigenvalue weighted by Crippen LogP contribution is 2.19. The quantitative estimate of drug-likeness (QED) is 0.808. The third-order valence-electron chi connectivity index (χ3n) is 2.88. The van der Waals surface area contributed by atoms with Gasteiger partial charge in [0.15, 0.2) is 0 Å². The molecule has 0 saturated carbocycles. The average Bonchev–Trinajstić information content (AvgIpc) is 2.42. The maximum absolute atomic E-state index is 11.8. The third-order valence-corrected chi connectivity index (χ3v) is 2.88. The molecule has 0 fully saturated rings. The first-order valence-corrected chi connectivity index (χ1v) is 6.13. The summed E-state index contributed by atoms with van der Waals surface area (Å²) in [7, 11) is 0. The largest absolute Gasteiger partial charge is 0.481 e. The minimum absolute atomic E-state index is 0.0456. The van der Waals surface area contributed by atoms with Crippen LogP contribution in [0.4, 0.5) is 4.79 Å². The number of urea groups is 1. The lowest BCUT2D eigenvalue weighted by Gasteiger charge is -2.27. The molecule has 1 heterocycles. The minimum Gasteiger partial charge on any atom is -0.481 e. The lowest BCUT2D eigenvalue weighted by atomic mass is 10.1. The van der Waals surface area contributed by atoms with Crippen LogP contribution in [-0.2, 0) is 22.8 Å². The SMILES string of the molecule is O=C(O)CCCNC(=O)N1Cc2ccccc2CO1. The third kappa shape index (κ3) is 3.69. The van der Waals surface area contributed by atoms with Gasteiger partial charge in [-0.2, -0.15) is 5.06 Å². The van der Waals surface area contributed by atoms with E-state index in [1.165, 1.54) is 5.06 Å². The fraction of sp³-hybridized carbons (Fsp3) is 0.385. The van der Waals surface area contributed by atoms with Crippen molar-refractivity contribution >= 4 is 12.0 Å². The molecule has 0 saturated heterocycles. The maximum atomic E-state index is 11.8. The van der Waals surface area contributed by atoms with Crippen LogP contribution in [0.1, 0.15) is 24.0 Å². The zero-order chi connectivity index (χ0) is 13.7. The van der Waals surface area contributed by atoms with Crippen LogP contribution in [0.2, 0.25) is 0 Å². The average molecular weight is 264 g/mol. The van der Waals surface area contributed by atoms with Crippen molar-refractivity contribution in [1.82, 2.24) is 10.4 Å². The number of hydroxylamine groups is 2. The summed E-state index contributed by atoms with van der Waals surface area (Å²) in [6.07, 6.45) is 0.454. The lowest BCUT2D eigenvalue weighted by Crippen LogP contribution is -2.41. The standard InChI is InChI=1S/C13H16N2O4/c16-12(17)6-3-7-14-13(18)15-8-10-4-1-2-5-11(10)9-19-15/h1-2,4-5H,3,6-9H2,(H,14,18)(H,16,17). The van der Waals surface area contributed by atoms with Gasteiger partial charge in [0.2, 0.25) is 0 Å². The number of hydrogen-bond acceptors (Lipinski definition) is 3. The van der Waals surface area contributed by atoms with Gasteiger partial charge in [-0.15, -0.1) is 0 Å². The number of hydrogen-bond donors (Lipinski definition) is 2. The fourth-order valence-electron chi connectivity index (χ4n) is 1.85. The number of nitrogens with zero attached hydrogens (tertiary/aromatic N) is 1. The van der Waals surface area contributed by atoms with E-state index in [1.54, 1.807) is 0 Å². The van der Waals surface area contributed by atoms with Crippen molar-refractivity contribution in [2.24, 2.45) is 0 Å². The van der Waals surface area contributed by atoms with Gasteiger partial charge >= 0.3 is 12.0 Å². The van der Waals surface area contributed by atoms with E-state index in [0.29, 0.717) is 26.1 Å². The van der Waals surface area contributed by atoms with Crippen LogP contribution < -0.4 is 5.32 Å². The molecule has 1 aromatic rings. The summed E-state index contributed by atoms with van der Waals surface area (Å²) >= 11 is 0. The number of aliphatic carboxylic acids is 1. The Bertz CT molecular complexity index is 475. The Labute approximate surface area is 110 Å². The highest BCUT2D eigenvalue weighted by Gasteiger charge is 2.21. The zero-order valence-electron chi connectivity index (χ0n) is 10.5. The molecule has 1 aliphatic rings. The molecule has 0 spiro atoms. The number of carboxylic acid groups (broad SMARTS) is 1. The van der Waals surface area contributed by atoms with Gasteiger partial charge in [-0.05, 0) is 17.5 Å². The second-order valence-corrected chi connectivity index (χ2v) is 4.31. The molecular weight excluding hydrogens is 248 g/mol. The topological polar surface area (TPSA) is 78.9 Å². The smallest absolute Gasteiger partial charge is 0.341 e. The maximum Gasteiger partial charge on any atom is 0.341 e. The number of carbonyl (C=O) groups is 2. The van der Waals surface area contributed by atoms with Crippen LogP contribution in [0.25, 0.3) is 0 Å². The van der Waals surface area contributed by atoms with Gasteiger partial charge in [0, 0.05) is 13.0 Å².